The predicted octanol–water partition coefficient (Wildman–Crippen LogP) is 1.38. The molecule has 5 aliphatic rings. The van der Waals surface area contributed by atoms with Crippen LogP contribution < -0.4 is 0 Å². The van der Waals surface area contributed by atoms with E-state index in [0.717, 1.165) is 26.2 Å². The highest BCUT2D eigenvalue weighted by atomic mass is 16.1. The van der Waals surface area contributed by atoms with Crippen LogP contribution in [0.3, 0.4) is 0 Å². The number of hydrogen-bond donors (Lipinski definition) is 0. The van der Waals surface area contributed by atoms with Gasteiger partial charge in [-0.05, 0) is 18.8 Å². The Labute approximate surface area is 110 Å². The highest BCUT2D eigenvalue weighted by molar-refractivity contribution is 5.90. The standard InChI is InChI=1S/C15H24N2O/c18-14-12-8-16-6-7-17(9-12)11-15(14,10-16)13-4-2-1-3-5-13/h12-13H,1-11H2. The molecule has 0 aromatic heterocycles. The maximum absolute atomic E-state index is 12.9. The summed E-state index contributed by atoms with van der Waals surface area (Å²) in [6, 6.07) is 0. The molecule has 4 heterocycles. The van der Waals surface area contributed by atoms with Crippen molar-refractivity contribution in [2.45, 2.75) is 32.1 Å². The summed E-state index contributed by atoms with van der Waals surface area (Å²) in [6.07, 6.45) is 6.70. The summed E-state index contributed by atoms with van der Waals surface area (Å²) in [7, 11) is 0. The van der Waals surface area contributed by atoms with Gasteiger partial charge in [-0.3, -0.25) is 4.79 Å². The molecule has 0 spiro atoms. The van der Waals surface area contributed by atoms with E-state index in [1.807, 2.05) is 0 Å². The lowest BCUT2D eigenvalue weighted by Crippen LogP contribution is -2.64. The van der Waals surface area contributed by atoms with Crippen LogP contribution in [0.4, 0.5) is 0 Å². The second-order valence-corrected chi connectivity index (χ2v) is 7.02. The van der Waals surface area contributed by atoms with Crippen LogP contribution in [0, 0.1) is 17.3 Å². The fourth-order valence-corrected chi connectivity index (χ4v) is 5.12. The van der Waals surface area contributed by atoms with Crippen LogP contribution in [-0.2, 0) is 4.79 Å². The molecule has 0 aromatic carbocycles. The highest BCUT2D eigenvalue weighted by Crippen LogP contribution is 2.47. The molecule has 4 saturated heterocycles. The van der Waals surface area contributed by atoms with Gasteiger partial charge in [0.1, 0.15) is 5.78 Å². The van der Waals surface area contributed by atoms with Crippen molar-refractivity contribution in [2.24, 2.45) is 17.3 Å². The van der Waals surface area contributed by atoms with Gasteiger partial charge in [-0.2, -0.15) is 0 Å². The van der Waals surface area contributed by atoms with E-state index in [2.05, 4.69) is 9.80 Å². The molecular formula is C15H24N2O. The molecule has 0 N–H and O–H groups in total. The zero-order valence-corrected chi connectivity index (χ0v) is 11.2. The zero-order valence-electron chi connectivity index (χ0n) is 11.2. The smallest absolute Gasteiger partial charge is 0.147 e. The van der Waals surface area contributed by atoms with E-state index in [0.29, 0.717) is 17.6 Å². The van der Waals surface area contributed by atoms with Crippen molar-refractivity contribution < 1.29 is 4.79 Å². The van der Waals surface area contributed by atoms with Crippen molar-refractivity contribution in [3.63, 3.8) is 0 Å². The average Bonchev–Trinajstić information content (AvgIpc) is 2.65. The minimum atomic E-state index is 0.0259. The number of ketones is 1. The summed E-state index contributed by atoms with van der Waals surface area (Å²) in [6.45, 7) is 6.62. The van der Waals surface area contributed by atoms with E-state index in [-0.39, 0.29) is 5.41 Å². The Morgan fingerprint density at radius 2 is 1.56 bits per heavy atom. The van der Waals surface area contributed by atoms with Crippen molar-refractivity contribution >= 4 is 5.78 Å². The third kappa shape index (κ3) is 1.53. The van der Waals surface area contributed by atoms with E-state index in [1.54, 1.807) is 0 Å². The van der Waals surface area contributed by atoms with Gasteiger partial charge in [-0.1, -0.05) is 19.3 Å². The number of piperidine rings is 2. The Hall–Kier alpha value is -0.410. The third-order valence-corrected chi connectivity index (χ3v) is 5.95. The Morgan fingerprint density at radius 1 is 0.944 bits per heavy atom. The van der Waals surface area contributed by atoms with Gasteiger partial charge in [0.15, 0.2) is 0 Å². The van der Waals surface area contributed by atoms with Gasteiger partial charge in [0, 0.05) is 45.2 Å². The molecule has 0 aromatic rings. The van der Waals surface area contributed by atoms with E-state index >= 15 is 0 Å². The molecule has 3 nitrogen and oxygen atoms in total. The van der Waals surface area contributed by atoms with Crippen LogP contribution in [-0.4, -0.2) is 54.9 Å². The van der Waals surface area contributed by atoms with Crippen LogP contribution in [0.15, 0.2) is 0 Å². The van der Waals surface area contributed by atoms with Crippen LogP contribution in [0.5, 0.6) is 0 Å². The third-order valence-electron chi connectivity index (χ3n) is 5.95. The zero-order chi connectivity index (χ0) is 12.2. The molecule has 3 heteroatoms. The van der Waals surface area contributed by atoms with Crippen molar-refractivity contribution in [3.05, 3.63) is 0 Å². The summed E-state index contributed by atoms with van der Waals surface area (Å²) in [4.78, 5) is 18.1. The molecule has 1 saturated carbocycles. The highest BCUT2D eigenvalue weighted by Gasteiger charge is 2.56. The number of carbonyl (C=O) groups is 1. The summed E-state index contributed by atoms with van der Waals surface area (Å²) < 4.78 is 0. The van der Waals surface area contributed by atoms with E-state index in [1.165, 1.54) is 45.2 Å². The first-order chi connectivity index (χ1) is 8.78. The Balaban J connectivity index is 1.70. The average molecular weight is 248 g/mol. The minimum absolute atomic E-state index is 0.0259. The van der Waals surface area contributed by atoms with Crippen molar-refractivity contribution in [1.29, 1.82) is 0 Å². The van der Waals surface area contributed by atoms with Gasteiger partial charge in [0.25, 0.3) is 0 Å². The SMILES string of the molecule is O=C1C2CN3CCN(C2)CC1(C1CCCCC1)C3. The summed E-state index contributed by atoms with van der Waals surface area (Å²) in [5, 5.41) is 0. The van der Waals surface area contributed by atoms with Gasteiger partial charge >= 0.3 is 0 Å². The lowest BCUT2D eigenvalue weighted by atomic mass is 9.60. The van der Waals surface area contributed by atoms with Gasteiger partial charge in [-0.15, -0.1) is 0 Å². The molecule has 2 atom stereocenters. The fourth-order valence-electron chi connectivity index (χ4n) is 5.12. The molecule has 0 amide bonds. The largest absolute Gasteiger partial charge is 0.300 e. The van der Waals surface area contributed by atoms with E-state index < -0.39 is 0 Å². The number of rotatable bonds is 1. The Bertz CT molecular complexity index is 346. The van der Waals surface area contributed by atoms with Gasteiger partial charge in [0.05, 0.1) is 5.41 Å². The first-order valence-corrected chi connectivity index (χ1v) is 7.77. The van der Waals surface area contributed by atoms with Gasteiger partial charge < -0.3 is 9.80 Å². The summed E-state index contributed by atoms with van der Waals surface area (Å²) >= 11 is 0. The molecule has 5 rings (SSSR count). The predicted molar refractivity (Wildman–Crippen MR) is 70.4 cm³/mol. The number of Topliss-reactive ketones (excluding diaryl/α,β-unsaturated/α-hetero) is 1. The Kier molecular flexibility index (Phi) is 2.56. The maximum atomic E-state index is 12.9. The molecular weight excluding hydrogens is 224 g/mol. The number of fused-ring (bicyclic) bond motifs is 1. The van der Waals surface area contributed by atoms with Crippen molar-refractivity contribution in [2.75, 3.05) is 39.3 Å². The van der Waals surface area contributed by atoms with Gasteiger partial charge in [-0.25, -0.2) is 0 Å². The van der Waals surface area contributed by atoms with Crippen LogP contribution in [0.2, 0.25) is 0 Å². The first-order valence-electron chi connectivity index (χ1n) is 7.77. The van der Waals surface area contributed by atoms with E-state index in [4.69, 9.17) is 0 Å². The number of carbonyl (C=O) groups excluding carboxylic acids is 1. The van der Waals surface area contributed by atoms with E-state index in [9.17, 15) is 4.79 Å². The number of hydrogen-bond acceptors (Lipinski definition) is 3. The number of nitrogens with zero attached hydrogens (tertiary/aromatic N) is 2. The summed E-state index contributed by atoms with van der Waals surface area (Å²) in [5.74, 6) is 1.66. The molecule has 4 aliphatic heterocycles. The van der Waals surface area contributed by atoms with Crippen LogP contribution in [0.1, 0.15) is 32.1 Å². The molecule has 2 unspecified atom stereocenters. The van der Waals surface area contributed by atoms with Crippen LogP contribution in [0.25, 0.3) is 0 Å². The molecule has 18 heavy (non-hydrogen) atoms. The Morgan fingerprint density at radius 3 is 2.17 bits per heavy atom. The first kappa shape index (κ1) is 11.4. The lowest BCUT2D eigenvalue weighted by Gasteiger charge is -2.52. The molecule has 100 valence electrons. The normalized spacial score (nSPS) is 48.4. The quantitative estimate of drug-likeness (QED) is 0.700. The van der Waals surface area contributed by atoms with Gasteiger partial charge in [0.2, 0.25) is 0 Å². The monoisotopic (exact) mass is 248 g/mol. The topological polar surface area (TPSA) is 23.6 Å². The van der Waals surface area contributed by atoms with Crippen LogP contribution >= 0.6 is 0 Å². The second kappa shape index (κ2) is 4.04. The lowest BCUT2D eigenvalue weighted by molar-refractivity contribution is -0.151. The molecule has 5 fully saturated rings. The summed E-state index contributed by atoms with van der Waals surface area (Å²) in [5.41, 5.74) is 0.0259. The van der Waals surface area contributed by atoms with Crippen molar-refractivity contribution in [1.82, 2.24) is 9.80 Å². The molecule has 0 radical (unpaired) electrons. The van der Waals surface area contributed by atoms with Crippen molar-refractivity contribution in [3.8, 4) is 0 Å². The maximum Gasteiger partial charge on any atom is 0.147 e. The second-order valence-electron chi connectivity index (χ2n) is 7.02. The molecule has 1 aliphatic carbocycles. The fraction of sp³-hybridized carbons (Fsp3) is 0.933. The molecule has 4 bridgehead atoms. The minimum Gasteiger partial charge on any atom is -0.300 e.